The third kappa shape index (κ3) is 3.90. The lowest BCUT2D eigenvalue weighted by molar-refractivity contribution is 0.253. The van der Waals surface area contributed by atoms with E-state index >= 15 is 0 Å². The van der Waals surface area contributed by atoms with E-state index < -0.39 is 10.2 Å². The molecule has 8 nitrogen and oxygen atoms in total. The van der Waals surface area contributed by atoms with Gasteiger partial charge in [-0.05, 0) is 39.0 Å². The molecule has 0 unspecified atom stereocenters. The van der Waals surface area contributed by atoms with Gasteiger partial charge in [0.25, 0.3) is 10.2 Å². The number of hydrogen-bond donors (Lipinski definition) is 0. The second-order valence-electron chi connectivity index (χ2n) is 7.38. The molecule has 0 aliphatic carbocycles. The van der Waals surface area contributed by atoms with E-state index in [1.807, 2.05) is 25.6 Å². The Morgan fingerprint density at radius 1 is 1.22 bits per heavy atom. The third-order valence-corrected chi connectivity index (χ3v) is 7.18. The van der Waals surface area contributed by atoms with Gasteiger partial charge in [0.2, 0.25) is 0 Å². The van der Waals surface area contributed by atoms with Gasteiger partial charge in [0.1, 0.15) is 0 Å². The molecule has 2 aromatic heterocycles. The summed E-state index contributed by atoms with van der Waals surface area (Å²) in [6, 6.07) is 0. The molecular formula is C18H28N6O2S. The standard InChI is InChI=1S/C18H28N6O2S/c1-13-17(14(2)23(5)21-13)18-16(19-8-9-20-18)11-15-7-6-10-24(12-15)27(25,26)22(3)4/h8-9,15H,6-7,10-12H2,1-5H3/t15-/m1/s1. The van der Waals surface area contributed by atoms with Crippen LogP contribution in [-0.4, -0.2) is 64.0 Å². The van der Waals surface area contributed by atoms with Crippen LogP contribution in [0.3, 0.4) is 0 Å². The summed E-state index contributed by atoms with van der Waals surface area (Å²) in [5, 5.41) is 4.49. The van der Waals surface area contributed by atoms with Gasteiger partial charge in [0.05, 0.1) is 17.1 Å². The van der Waals surface area contributed by atoms with Crippen molar-refractivity contribution >= 4 is 10.2 Å². The van der Waals surface area contributed by atoms with Crippen molar-refractivity contribution in [3.63, 3.8) is 0 Å². The quantitative estimate of drug-likeness (QED) is 0.771. The fourth-order valence-corrected chi connectivity index (χ4v) is 4.97. The molecule has 1 saturated heterocycles. The monoisotopic (exact) mass is 392 g/mol. The van der Waals surface area contributed by atoms with Crippen molar-refractivity contribution in [3.8, 4) is 11.3 Å². The zero-order chi connectivity index (χ0) is 19.8. The normalized spacial score (nSPS) is 19.0. The number of aromatic nitrogens is 4. The summed E-state index contributed by atoms with van der Waals surface area (Å²) in [6.07, 6.45) is 5.96. The summed E-state index contributed by atoms with van der Waals surface area (Å²) in [4.78, 5) is 9.17. The fraction of sp³-hybridized carbons (Fsp3) is 0.611. The van der Waals surface area contributed by atoms with Crippen LogP contribution in [0, 0.1) is 19.8 Å². The molecule has 1 aliphatic heterocycles. The lowest BCUT2D eigenvalue weighted by atomic mass is 9.92. The SMILES string of the molecule is Cc1nn(C)c(C)c1-c1nccnc1C[C@H]1CCCN(S(=O)(=O)N(C)C)C1. The number of nitrogens with zero attached hydrogens (tertiary/aromatic N) is 6. The van der Waals surface area contributed by atoms with E-state index in [9.17, 15) is 8.42 Å². The van der Waals surface area contributed by atoms with Gasteiger partial charge in [-0.2, -0.15) is 22.1 Å². The van der Waals surface area contributed by atoms with Crippen molar-refractivity contribution in [1.29, 1.82) is 0 Å². The van der Waals surface area contributed by atoms with Crippen LogP contribution in [0.15, 0.2) is 12.4 Å². The van der Waals surface area contributed by atoms with Crippen LogP contribution in [0.4, 0.5) is 0 Å². The van der Waals surface area contributed by atoms with Crippen LogP contribution in [0.5, 0.6) is 0 Å². The van der Waals surface area contributed by atoms with E-state index in [-0.39, 0.29) is 5.92 Å². The highest BCUT2D eigenvalue weighted by atomic mass is 32.2. The minimum absolute atomic E-state index is 0.223. The molecule has 3 rings (SSSR count). The Bertz CT molecular complexity index is 922. The molecule has 0 aromatic carbocycles. The average molecular weight is 393 g/mol. The van der Waals surface area contributed by atoms with Gasteiger partial charge in [-0.1, -0.05) is 0 Å². The van der Waals surface area contributed by atoms with Gasteiger partial charge in [0, 0.05) is 57.9 Å². The maximum Gasteiger partial charge on any atom is 0.281 e. The maximum atomic E-state index is 12.5. The summed E-state index contributed by atoms with van der Waals surface area (Å²) in [5.74, 6) is 0.223. The van der Waals surface area contributed by atoms with Gasteiger partial charge in [0.15, 0.2) is 0 Å². The molecule has 27 heavy (non-hydrogen) atoms. The summed E-state index contributed by atoms with van der Waals surface area (Å²) < 4.78 is 29.7. The van der Waals surface area contributed by atoms with Gasteiger partial charge in [-0.25, -0.2) is 0 Å². The van der Waals surface area contributed by atoms with E-state index in [1.54, 1.807) is 30.8 Å². The van der Waals surface area contributed by atoms with Gasteiger partial charge in [-0.15, -0.1) is 0 Å². The smallest absolute Gasteiger partial charge is 0.272 e. The molecule has 148 valence electrons. The molecule has 9 heteroatoms. The predicted molar refractivity (Wildman–Crippen MR) is 104 cm³/mol. The first-order valence-corrected chi connectivity index (χ1v) is 10.6. The molecule has 0 saturated carbocycles. The molecule has 0 radical (unpaired) electrons. The highest BCUT2D eigenvalue weighted by molar-refractivity contribution is 7.86. The Labute approximate surface area is 161 Å². The predicted octanol–water partition coefficient (Wildman–Crippen LogP) is 1.55. The first-order chi connectivity index (χ1) is 12.7. The Balaban J connectivity index is 1.87. The topological polar surface area (TPSA) is 84.2 Å². The molecule has 3 heterocycles. The second-order valence-corrected chi connectivity index (χ2v) is 9.52. The van der Waals surface area contributed by atoms with Crippen LogP contribution in [0.25, 0.3) is 11.3 Å². The Morgan fingerprint density at radius 3 is 2.56 bits per heavy atom. The summed E-state index contributed by atoms with van der Waals surface area (Å²) >= 11 is 0. The van der Waals surface area contributed by atoms with Gasteiger partial charge in [-0.3, -0.25) is 14.6 Å². The van der Waals surface area contributed by atoms with Gasteiger partial charge >= 0.3 is 0 Å². The number of hydrogen-bond acceptors (Lipinski definition) is 5. The highest BCUT2D eigenvalue weighted by Gasteiger charge is 2.31. The lowest BCUT2D eigenvalue weighted by Crippen LogP contribution is -2.45. The highest BCUT2D eigenvalue weighted by Crippen LogP contribution is 2.30. The van der Waals surface area contributed by atoms with Crippen molar-refractivity contribution in [2.45, 2.75) is 33.1 Å². The minimum atomic E-state index is -3.38. The molecule has 0 bridgehead atoms. The third-order valence-electron chi connectivity index (χ3n) is 5.27. The molecule has 0 amide bonds. The maximum absolute atomic E-state index is 12.5. The van der Waals surface area contributed by atoms with E-state index in [2.05, 4.69) is 15.1 Å². The fourth-order valence-electron chi connectivity index (χ4n) is 3.75. The molecular weight excluding hydrogens is 364 g/mol. The van der Waals surface area contributed by atoms with Crippen LogP contribution >= 0.6 is 0 Å². The van der Waals surface area contributed by atoms with Crippen molar-refractivity contribution in [3.05, 3.63) is 29.5 Å². The van der Waals surface area contributed by atoms with Crippen LogP contribution in [0.1, 0.15) is 29.9 Å². The van der Waals surface area contributed by atoms with Crippen LogP contribution < -0.4 is 0 Å². The van der Waals surface area contributed by atoms with Crippen molar-refractivity contribution < 1.29 is 8.42 Å². The van der Waals surface area contributed by atoms with Crippen molar-refractivity contribution in [2.24, 2.45) is 13.0 Å². The minimum Gasteiger partial charge on any atom is -0.272 e. The lowest BCUT2D eigenvalue weighted by Gasteiger charge is -2.33. The Kier molecular flexibility index (Phi) is 5.64. The summed E-state index contributed by atoms with van der Waals surface area (Å²) in [7, 11) is 1.70. The van der Waals surface area contributed by atoms with Gasteiger partial charge < -0.3 is 0 Å². The molecule has 1 fully saturated rings. The average Bonchev–Trinajstić information content (AvgIpc) is 2.88. The van der Waals surface area contributed by atoms with Crippen LogP contribution in [0.2, 0.25) is 0 Å². The zero-order valence-electron chi connectivity index (χ0n) is 16.7. The van der Waals surface area contributed by atoms with E-state index in [0.717, 1.165) is 41.2 Å². The summed E-state index contributed by atoms with van der Waals surface area (Å²) in [6.45, 7) is 5.10. The molecule has 1 atom stereocenters. The molecule has 0 N–H and O–H groups in total. The Hall–Kier alpha value is -1.84. The first kappa shape index (κ1) is 19.9. The summed E-state index contributed by atoms with van der Waals surface area (Å²) in [5.41, 5.74) is 4.76. The molecule has 0 spiro atoms. The van der Waals surface area contributed by atoms with E-state index in [1.165, 1.54) is 4.31 Å². The van der Waals surface area contributed by atoms with E-state index in [0.29, 0.717) is 19.5 Å². The van der Waals surface area contributed by atoms with Crippen LogP contribution in [-0.2, 0) is 23.7 Å². The largest absolute Gasteiger partial charge is 0.281 e. The Morgan fingerprint density at radius 2 is 1.93 bits per heavy atom. The zero-order valence-corrected chi connectivity index (χ0v) is 17.5. The first-order valence-electron chi connectivity index (χ1n) is 9.20. The van der Waals surface area contributed by atoms with Crippen molar-refractivity contribution in [2.75, 3.05) is 27.2 Å². The second kappa shape index (κ2) is 7.65. The molecule has 2 aromatic rings. The molecule has 1 aliphatic rings. The number of aryl methyl sites for hydroxylation is 2. The number of piperidine rings is 1. The number of rotatable bonds is 5. The van der Waals surface area contributed by atoms with Crippen molar-refractivity contribution in [1.82, 2.24) is 28.4 Å². The van der Waals surface area contributed by atoms with E-state index in [4.69, 9.17) is 0 Å².